The van der Waals surface area contributed by atoms with E-state index < -0.39 is 0 Å². The summed E-state index contributed by atoms with van der Waals surface area (Å²) in [5.41, 5.74) is 2.09. The zero-order valence-corrected chi connectivity index (χ0v) is 11.9. The number of amides is 1. The van der Waals surface area contributed by atoms with Gasteiger partial charge in [-0.05, 0) is 31.0 Å². The van der Waals surface area contributed by atoms with Crippen LogP contribution in [0.15, 0.2) is 24.3 Å². The summed E-state index contributed by atoms with van der Waals surface area (Å²) < 4.78 is 0. The molecule has 0 radical (unpaired) electrons. The van der Waals surface area contributed by atoms with E-state index in [0.717, 1.165) is 37.5 Å². The van der Waals surface area contributed by atoms with Gasteiger partial charge in [-0.3, -0.25) is 4.79 Å². The highest BCUT2D eigenvalue weighted by Gasteiger charge is 2.19. The maximum Gasteiger partial charge on any atom is 0.253 e. The van der Waals surface area contributed by atoms with Gasteiger partial charge in [0.25, 0.3) is 5.91 Å². The summed E-state index contributed by atoms with van der Waals surface area (Å²) in [6.07, 6.45) is 2.09. The Morgan fingerprint density at radius 1 is 1.17 bits per heavy atom. The summed E-state index contributed by atoms with van der Waals surface area (Å²) in [4.78, 5) is 16.5. The molecule has 0 saturated carbocycles. The minimum absolute atomic E-state index is 0.166. The van der Waals surface area contributed by atoms with Crippen LogP contribution in [0.25, 0.3) is 0 Å². The standard InChI is InChI=1S/C14H20N2OS/c1-15-7-9-16(10-8-15)14(17)13-5-3-12(4-6-13)11-18-2/h3-6H,7-11H2,1-2H3. The van der Waals surface area contributed by atoms with Gasteiger partial charge in [0, 0.05) is 37.5 Å². The largest absolute Gasteiger partial charge is 0.336 e. The molecule has 1 heterocycles. The number of nitrogens with zero attached hydrogens (tertiary/aromatic N) is 2. The van der Waals surface area contributed by atoms with Gasteiger partial charge in [0.15, 0.2) is 0 Å². The van der Waals surface area contributed by atoms with Crippen LogP contribution in [0.2, 0.25) is 0 Å². The van der Waals surface area contributed by atoms with E-state index in [1.54, 1.807) is 11.8 Å². The first-order chi connectivity index (χ1) is 8.70. The van der Waals surface area contributed by atoms with E-state index >= 15 is 0 Å². The summed E-state index contributed by atoms with van der Waals surface area (Å²) in [7, 11) is 2.10. The van der Waals surface area contributed by atoms with Gasteiger partial charge in [0.2, 0.25) is 0 Å². The third-order valence-electron chi connectivity index (χ3n) is 3.30. The molecular formula is C14H20N2OS. The van der Waals surface area contributed by atoms with Gasteiger partial charge < -0.3 is 9.80 Å². The lowest BCUT2D eigenvalue weighted by Gasteiger charge is -2.32. The minimum atomic E-state index is 0.166. The van der Waals surface area contributed by atoms with Gasteiger partial charge in [0.05, 0.1) is 0 Å². The van der Waals surface area contributed by atoms with E-state index in [4.69, 9.17) is 0 Å². The lowest BCUT2D eigenvalue weighted by atomic mass is 10.1. The number of piperazine rings is 1. The first kappa shape index (κ1) is 13.4. The molecule has 2 rings (SSSR count). The van der Waals surface area contributed by atoms with Crippen molar-refractivity contribution in [1.82, 2.24) is 9.80 Å². The van der Waals surface area contributed by atoms with Gasteiger partial charge >= 0.3 is 0 Å². The average molecular weight is 264 g/mol. The number of hydrogen-bond acceptors (Lipinski definition) is 3. The molecular weight excluding hydrogens is 244 g/mol. The van der Waals surface area contributed by atoms with Crippen LogP contribution in [0.5, 0.6) is 0 Å². The Balaban J connectivity index is 2.00. The van der Waals surface area contributed by atoms with Gasteiger partial charge in [-0.15, -0.1) is 0 Å². The maximum atomic E-state index is 12.3. The maximum absolute atomic E-state index is 12.3. The normalized spacial score (nSPS) is 16.9. The first-order valence-corrected chi connectivity index (χ1v) is 7.66. The fraction of sp³-hybridized carbons (Fsp3) is 0.500. The van der Waals surface area contributed by atoms with Crippen molar-refractivity contribution in [3.63, 3.8) is 0 Å². The Morgan fingerprint density at radius 3 is 2.33 bits per heavy atom. The zero-order chi connectivity index (χ0) is 13.0. The number of carbonyl (C=O) groups is 1. The monoisotopic (exact) mass is 264 g/mol. The van der Waals surface area contributed by atoms with Crippen LogP contribution < -0.4 is 0 Å². The van der Waals surface area contributed by atoms with Crippen molar-refractivity contribution in [2.24, 2.45) is 0 Å². The predicted molar refractivity (Wildman–Crippen MR) is 77.1 cm³/mol. The first-order valence-electron chi connectivity index (χ1n) is 6.26. The lowest BCUT2D eigenvalue weighted by molar-refractivity contribution is 0.0664. The number of carbonyl (C=O) groups excluding carboxylic acids is 1. The topological polar surface area (TPSA) is 23.6 Å². The third-order valence-corrected chi connectivity index (χ3v) is 3.92. The smallest absolute Gasteiger partial charge is 0.253 e. The van der Waals surface area contributed by atoms with E-state index in [1.165, 1.54) is 5.56 Å². The van der Waals surface area contributed by atoms with E-state index in [2.05, 4.69) is 30.3 Å². The second-order valence-corrected chi connectivity index (χ2v) is 5.59. The molecule has 0 bridgehead atoms. The summed E-state index contributed by atoms with van der Waals surface area (Å²) in [6.45, 7) is 3.61. The van der Waals surface area contributed by atoms with Crippen molar-refractivity contribution in [3.05, 3.63) is 35.4 Å². The van der Waals surface area contributed by atoms with Gasteiger partial charge in [-0.25, -0.2) is 0 Å². The van der Waals surface area contributed by atoms with Gasteiger partial charge in [0.1, 0.15) is 0 Å². The predicted octanol–water partition coefficient (Wildman–Crippen LogP) is 1.94. The van der Waals surface area contributed by atoms with E-state index in [-0.39, 0.29) is 5.91 Å². The van der Waals surface area contributed by atoms with Crippen LogP contribution in [0.4, 0.5) is 0 Å². The second kappa shape index (κ2) is 6.25. The van der Waals surface area contributed by atoms with E-state index in [1.807, 2.05) is 17.0 Å². The molecule has 0 aliphatic carbocycles. The summed E-state index contributed by atoms with van der Waals surface area (Å²) in [5.74, 6) is 1.17. The molecule has 98 valence electrons. The fourth-order valence-electron chi connectivity index (χ4n) is 2.10. The van der Waals surface area contributed by atoms with Gasteiger partial charge in [-0.2, -0.15) is 11.8 Å². The zero-order valence-electron chi connectivity index (χ0n) is 11.1. The molecule has 1 aliphatic rings. The van der Waals surface area contributed by atoms with Gasteiger partial charge in [-0.1, -0.05) is 12.1 Å². The van der Waals surface area contributed by atoms with Crippen molar-refractivity contribution >= 4 is 17.7 Å². The average Bonchev–Trinajstić information content (AvgIpc) is 2.40. The molecule has 1 aromatic carbocycles. The highest BCUT2D eigenvalue weighted by atomic mass is 32.2. The molecule has 0 aromatic heterocycles. The van der Waals surface area contributed by atoms with Crippen LogP contribution in [0.1, 0.15) is 15.9 Å². The minimum Gasteiger partial charge on any atom is -0.336 e. The fourth-order valence-corrected chi connectivity index (χ4v) is 2.63. The summed E-state index contributed by atoms with van der Waals surface area (Å²) in [5, 5.41) is 0. The SMILES string of the molecule is CSCc1ccc(C(=O)N2CCN(C)CC2)cc1. The number of likely N-dealkylation sites (N-methyl/N-ethyl adjacent to an activating group) is 1. The number of hydrogen-bond donors (Lipinski definition) is 0. The second-order valence-electron chi connectivity index (χ2n) is 4.73. The van der Waals surface area contributed by atoms with Crippen LogP contribution in [-0.2, 0) is 5.75 Å². The molecule has 1 aliphatic heterocycles. The van der Waals surface area contributed by atoms with Crippen molar-refractivity contribution in [2.75, 3.05) is 39.5 Å². The molecule has 1 saturated heterocycles. The summed E-state index contributed by atoms with van der Waals surface area (Å²) in [6, 6.07) is 8.01. The van der Waals surface area contributed by atoms with Crippen molar-refractivity contribution in [3.8, 4) is 0 Å². The van der Waals surface area contributed by atoms with Crippen molar-refractivity contribution in [1.29, 1.82) is 0 Å². The number of benzene rings is 1. The van der Waals surface area contributed by atoms with Crippen molar-refractivity contribution < 1.29 is 4.79 Å². The molecule has 0 atom stereocenters. The Morgan fingerprint density at radius 2 is 1.78 bits per heavy atom. The molecule has 0 unspecified atom stereocenters. The Kier molecular flexibility index (Phi) is 4.66. The van der Waals surface area contributed by atoms with E-state index in [0.29, 0.717) is 0 Å². The number of rotatable bonds is 3. The van der Waals surface area contributed by atoms with Crippen LogP contribution >= 0.6 is 11.8 Å². The molecule has 0 N–H and O–H groups in total. The lowest BCUT2D eigenvalue weighted by Crippen LogP contribution is -2.47. The summed E-state index contributed by atoms with van der Waals surface area (Å²) >= 11 is 1.80. The molecule has 1 amide bonds. The van der Waals surface area contributed by atoms with Crippen LogP contribution in [0, 0.1) is 0 Å². The highest BCUT2D eigenvalue weighted by molar-refractivity contribution is 7.97. The quantitative estimate of drug-likeness (QED) is 0.833. The molecule has 0 spiro atoms. The Hall–Kier alpha value is -1.00. The van der Waals surface area contributed by atoms with Crippen LogP contribution in [0.3, 0.4) is 0 Å². The Bertz CT molecular complexity index is 397. The van der Waals surface area contributed by atoms with Crippen LogP contribution in [-0.4, -0.2) is 55.2 Å². The highest BCUT2D eigenvalue weighted by Crippen LogP contribution is 2.13. The third kappa shape index (κ3) is 3.27. The Labute approximate surface area is 113 Å². The molecule has 3 nitrogen and oxygen atoms in total. The molecule has 1 fully saturated rings. The van der Waals surface area contributed by atoms with E-state index in [9.17, 15) is 4.79 Å². The molecule has 4 heteroatoms. The molecule has 18 heavy (non-hydrogen) atoms. The molecule has 1 aromatic rings. The van der Waals surface area contributed by atoms with Crippen molar-refractivity contribution in [2.45, 2.75) is 5.75 Å². The number of thioether (sulfide) groups is 1.